The number of β-amino-alcohol motifs (C(OH)–C–C–N with tert-alkyl or cyclic N) is 1. The van der Waals surface area contributed by atoms with E-state index < -0.39 is 0 Å². The molecule has 4 rings (SSSR count). The van der Waals surface area contributed by atoms with Crippen molar-refractivity contribution in [2.45, 2.75) is 18.9 Å². The standard InChI is InChI=1S/C12H7F2N.C5H11NO/c13-7-1-3-11-9(5-7)10-6-8(14)2-4-12(10)15-11;7-5-2-1-3-6-4-5/h1-6,15H;5-7H,1-4H2. The fourth-order valence-corrected chi connectivity index (χ4v) is 2.68. The van der Waals surface area contributed by atoms with Gasteiger partial charge in [-0.15, -0.1) is 0 Å². The molecule has 2 heterocycles. The topological polar surface area (TPSA) is 48.0 Å². The molecular formula is C17H18F2N2O. The molecule has 3 nitrogen and oxygen atoms in total. The number of rotatable bonds is 0. The Bertz CT molecular complexity index is 723. The summed E-state index contributed by atoms with van der Waals surface area (Å²) >= 11 is 0. The van der Waals surface area contributed by atoms with Gasteiger partial charge < -0.3 is 15.4 Å². The van der Waals surface area contributed by atoms with E-state index in [1.165, 1.54) is 24.3 Å². The molecule has 0 saturated carbocycles. The number of piperidine rings is 1. The van der Waals surface area contributed by atoms with Crippen molar-refractivity contribution in [3.05, 3.63) is 48.0 Å². The second-order valence-electron chi connectivity index (χ2n) is 5.50. The Labute approximate surface area is 127 Å². The summed E-state index contributed by atoms with van der Waals surface area (Å²) in [6.07, 6.45) is 2.03. The molecule has 22 heavy (non-hydrogen) atoms. The maximum atomic E-state index is 13.0. The Kier molecular flexibility index (Phi) is 4.36. The van der Waals surface area contributed by atoms with E-state index >= 15 is 0 Å². The number of hydrogen-bond acceptors (Lipinski definition) is 2. The number of hydrogen-bond donors (Lipinski definition) is 3. The van der Waals surface area contributed by atoms with Gasteiger partial charge in [-0.25, -0.2) is 8.78 Å². The average molecular weight is 304 g/mol. The van der Waals surface area contributed by atoms with Crippen LogP contribution in [-0.2, 0) is 0 Å². The Morgan fingerprint density at radius 2 is 1.55 bits per heavy atom. The predicted octanol–water partition coefficient (Wildman–Crippen LogP) is 3.33. The summed E-state index contributed by atoms with van der Waals surface area (Å²) in [5.41, 5.74) is 1.63. The van der Waals surface area contributed by atoms with Gasteiger partial charge in [0, 0.05) is 28.4 Å². The summed E-state index contributed by atoms with van der Waals surface area (Å²) in [6, 6.07) is 8.90. The summed E-state index contributed by atoms with van der Waals surface area (Å²) in [4.78, 5) is 3.10. The molecule has 3 aromatic rings. The largest absolute Gasteiger partial charge is 0.392 e. The van der Waals surface area contributed by atoms with Crippen LogP contribution in [0.4, 0.5) is 8.78 Å². The predicted molar refractivity (Wildman–Crippen MR) is 83.8 cm³/mol. The minimum Gasteiger partial charge on any atom is -0.392 e. The molecule has 116 valence electrons. The molecule has 3 N–H and O–H groups in total. The van der Waals surface area contributed by atoms with Crippen molar-refractivity contribution in [1.29, 1.82) is 0 Å². The zero-order chi connectivity index (χ0) is 15.5. The van der Waals surface area contributed by atoms with Crippen LogP contribution >= 0.6 is 0 Å². The molecule has 2 aromatic carbocycles. The van der Waals surface area contributed by atoms with Crippen molar-refractivity contribution in [2.24, 2.45) is 0 Å². The third kappa shape index (κ3) is 3.26. The van der Waals surface area contributed by atoms with Gasteiger partial charge in [0.2, 0.25) is 0 Å². The van der Waals surface area contributed by atoms with Crippen molar-refractivity contribution in [3.63, 3.8) is 0 Å². The van der Waals surface area contributed by atoms with Crippen LogP contribution in [0.25, 0.3) is 21.8 Å². The smallest absolute Gasteiger partial charge is 0.123 e. The number of aromatic nitrogens is 1. The molecule has 1 saturated heterocycles. The zero-order valence-electron chi connectivity index (χ0n) is 12.1. The lowest BCUT2D eigenvalue weighted by Gasteiger charge is -2.16. The van der Waals surface area contributed by atoms with Crippen LogP contribution in [0, 0.1) is 11.6 Å². The number of aromatic amines is 1. The van der Waals surface area contributed by atoms with Gasteiger partial charge in [-0.1, -0.05) is 0 Å². The van der Waals surface area contributed by atoms with Crippen LogP contribution in [-0.4, -0.2) is 29.3 Å². The maximum absolute atomic E-state index is 13.0. The Hall–Kier alpha value is -1.98. The Morgan fingerprint density at radius 3 is 1.95 bits per heavy atom. The van der Waals surface area contributed by atoms with Gasteiger partial charge >= 0.3 is 0 Å². The quantitative estimate of drug-likeness (QED) is 0.596. The average Bonchev–Trinajstić information content (AvgIpc) is 2.86. The molecule has 1 fully saturated rings. The minimum absolute atomic E-state index is 0.0752. The fraction of sp³-hybridized carbons (Fsp3) is 0.294. The lowest BCUT2D eigenvalue weighted by atomic mass is 10.1. The lowest BCUT2D eigenvalue weighted by molar-refractivity contribution is 0.142. The summed E-state index contributed by atoms with van der Waals surface area (Å²) in [6.45, 7) is 1.87. The third-order valence-corrected chi connectivity index (χ3v) is 3.79. The molecule has 0 bridgehead atoms. The lowest BCUT2D eigenvalue weighted by Crippen LogP contribution is -2.33. The first kappa shape index (κ1) is 14.9. The number of aliphatic hydroxyl groups is 1. The molecule has 1 atom stereocenters. The number of benzene rings is 2. The first-order valence-electron chi connectivity index (χ1n) is 7.39. The van der Waals surface area contributed by atoms with Gasteiger partial charge in [0.05, 0.1) is 6.10 Å². The van der Waals surface area contributed by atoms with Gasteiger partial charge in [0.25, 0.3) is 0 Å². The monoisotopic (exact) mass is 304 g/mol. The van der Waals surface area contributed by atoms with E-state index in [0.29, 0.717) is 10.8 Å². The summed E-state index contributed by atoms with van der Waals surface area (Å²) in [5.74, 6) is -0.625. The highest BCUT2D eigenvalue weighted by Gasteiger charge is 2.07. The van der Waals surface area contributed by atoms with E-state index in [1.807, 2.05) is 0 Å². The van der Waals surface area contributed by atoms with Crippen molar-refractivity contribution >= 4 is 21.8 Å². The molecule has 1 aromatic heterocycles. The van der Waals surface area contributed by atoms with Crippen LogP contribution in [0.2, 0.25) is 0 Å². The SMILES string of the molecule is Fc1ccc2[nH]c3ccc(F)cc3c2c1.OC1CCCNC1. The van der Waals surface area contributed by atoms with E-state index in [0.717, 1.165) is 37.0 Å². The first-order valence-corrected chi connectivity index (χ1v) is 7.39. The van der Waals surface area contributed by atoms with Gasteiger partial charge in [0.15, 0.2) is 0 Å². The maximum Gasteiger partial charge on any atom is 0.123 e. The highest BCUT2D eigenvalue weighted by molar-refractivity contribution is 6.07. The minimum atomic E-state index is -0.312. The molecule has 1 unspecified atom stereocenters. The molecular weight excluding hydrogens is 286 g/mol. The molecule has 5 heteroatoms. The van der Waals surface area contributed by atoms with Gasteiger partial charge in [-0.3, -0.25) is 0 Å². The van der Waals surface area contributed by atoms with Crippen LogP contribution in [0.3, 0.4) is 0 Å². The second kappa shape index (κ2) is 6.42. The Balaban J connectivity index is 0.000000174. The van der Waals surface area contributed by atoms with Crippen molar-refractivity contribution in [1.82, 2.24) is 10.3 Å². The molecule has 0 aliphatic carbocycles. The van der Waals surface area contributed by atoms with Gasteiger partial charge in [0.1, 0.15) is 11.6 Å². The highest BCUT2D eigenvalue weighted by atomic mass is 19.1. The molecule has 0 spiro atoms. The summed E-state index contributed by atoms with van der Waals surface area (Å²) in [5, 5.41) is 13.4. The number of H-pyrrole nitrogens is 1. The van der Waals surface area contributed by atoms with Crippen LogP contribution < -0.4 is 5.32 Å². The van der Waals surface area contributed by atoms with Crippen molar-refractivity contribution in [2.75, 3.05) is 13.1 Å². The van der Waals surface area contributed by atoms with Crippen LogP contribution in [0.5, 0.6) is 0 Å². The number of halogens is 2. The molecule has 0 amide bonds. The molecule has 1 aliphatic rings. The van der Waals surface area contributed by atoms with E-state index in [-0.39, 0.29) is 17.7 Å². The van der Waals surface area contributed by atoms with E-state index in [4.69, 9.17) is 5.11 Å². The molecule has 1 aliphatic heterocycles. The highest BCUT2D eigenvalue weighted by Crippen LogP contribution is 2.26. The normalized spacial score (nSPS) is 18.2. The summed E-state index contributed by atoms with van der Waals surface area (Å²) in [7, 11) is 0. The third-order valence-electron chi connectivity index (χ3n) is 3.79. The molecule has 0 radical (unpaired) electrons. The van der Waals surface area contributed by atoms with Crippen LogP contribution in [0.15, 0.2) is 36.4 Å². The Morgan fingerprint density at radius 1 is 0.955 bits per heavy atom. The first-order chi connectivity index (χ1) is 10.6. The van der Waals surface area contributed by atoms with Crippen molar-refractivity contribution < 1.29 is 13.9 Å². The fourth-order valence-electron chi connectivity index (χ4n) is 2.68. The number of aliphatic hydroxyl groups excluding tert-OH is 1. The second-order valence-corrected chi connectivity index (χ2v) is 5.50. The van der Waals surface area contributed by atoms with E-state index in [9.17, 15) is 8.78 Å². The number of fused-ring (bicyclic) bond motifs is 3. The van der Waals surface area contributed by atoms with Gasteiger partial charge in [-0.05, 0) is 55.8 Å². The number of nitrogens with one attached hydrogen (secondary N) is 2. The van der Waals surface area contributed by atoms with Crippen LogP contribution in [0.1, 0.15) is 12.8 Å². The van der Waals surface area contributed by atoms with E-state index in [1.54, 1.807) is 12.1 Å². The zero-order valence-corrected chi connectivity index (χ0v) is 12.1. The summed E-state index contributed by atoms with van der Waals surface area (Å²) < 4.78 is 26.1. The van der Waals surface area contributed by atoms with Crippen molar-refractivity contribution in [3.8, 4) is 0 Å². The van der Waals surface area contributed by atoms with Gasteiger partial charge in [-0.2, -0.15) is 0 Å². The van der Waals surface area contributed by atoms with E-state index in [2.05, 4.69) is 10.3 Å².